The predicted octanol–water partition coefficient (Wildman–Crippen LogP) is 1.09. The van der Waals surface area contributed by atoms with E-state index in [9.17, 15) is 8.42 Å². The van der Waals surface area contributed by atoms with Gasteiger partial charge in [0.2, 0.25) is 10.0 Å². The van der Waals surface area contributed by atoms with Gasteiger partial charge in [-0.1, -0.05) is 18.2 Å². The summed E-state index contributed by atoms with van der Waals surface area (Å²) in [5, 5.41) is 8.86. The van der Waals surface area contributed by atoms with Crippen LogP contribution in [0.1, 0.15) is 13.8 Å². The number of nitrogens with zero attached hydrogens (tertiary/aromatic N) is 1. The van der Waals surface area contributed by atoms with Crippen molar-refractivity contribution < 1.29 is 13.5 Å². The Morgan fingerprint density at radius 1 is 1.25 bits per heavy atom. The van der Waals surface area contributed by atoms with Gasteiger partial charge in [-0.05, 0) is 33.0 Å². The SMILES string of the molecule is CN(CCO)CC(C)(C)NS(=O)(=O)c1ccccc1.Cl. The van der Waals surface area contributed by atoms with E-state index in [0.717, 1.165) is 0 Å². The lowest BCUT2D eigenvalue weighted by atomic mass is 10.1. The van der Waals surface area contributed by atoms with Gasteiger partial charge in [-0.15, -0.1) is 12.4 Å². The largest absolute Gasteiger partial charge is 0.395 e. The van der Waals surface area contributed by atoms with Gasteiger partial charge in [-0.25, -0.2) is 13.1 Å². The summed E-state index contributed by atoms with van der Waals surface area (Å²) in [6.45, 7) is 4.72. The highest BCUT2D eigenvalue weighted by molar-refractivity contribution is 7.89. The minimum atomic E-state index is -3.52. The number of aliphatic hydroxyl groups excluding tert-OH is 1. The van der Waals surface area contributed by atoms with Gasteiger partial charge in [-0.3, -0.25) is 0 Å². The molecular weight excluding hydrogens is 300 g/mol. The molecule has 0 spiro atoms. The van der Waals surface area contributed by atoms with Gasteiger partial charge in [0.25, 0.3) is 0 Å². The molecule has 1 rings (SSSR count). The van der Waals surface area contributed by atoms with Crippen LogP contribution in [0.2, 0.25) is 0 Å². The smallest absolute Gasteiger partial charge is 0.241 e. The molecule has 116 valence electrons. The van der Waals surface area contributed by atoms with Gasteiger partial charge in [-0.2, -0.15) is 0 Å². The number of aliphatic hydroxyl groups is 1. The van der Waals surface area contributed by atoms with Crippen LogP contribution in [0.15, 0.2) is 35.2 Å². The first-order valence-electron chi connectivity index (χ1n) is 6.15. The fourth-order valence-corrected chi connectivity index (χ4v) is 3.40. The number of nitrogens with one attached hydrogen (secondary N) is 1. The van der Waals surface area contributed by atoms with E-state index < -0.39 is 15.6 Å². The molecule has 0 aliphatic rings. The van der Waals surface area contributed by atoms with E-state index in [1.54, 1.807) is 30.3 Å². The number of benzene rings is 1. The van der Waals surface area contributed by atoms with Gasteiger partial charge in [0, 0.05) is 18.6 Å². The number of halogens is 1. The molecular formula is C13H23ClN2O3S. The van der Waals surface area contributed by atoms with Crippen molar-refractivity contribution in [2.24, 2.45) is 0 Å². The lowest BCUT2D eigenvalue weighted by Gasteiger charge is -2.30. The third-order valence-electron chi connectivity index (χ3n) is 2.61. The number of sulfonamides is 1. The molecule has 0 radical (unpaired) electrons. The van der Waals surface area contributed by atoms with E-state index in [0.29, 0.717) is 13.1 Å². The van der Waals surface area contributed by atoms with Crippen molar-refractivity contribution in [1.82, 2.24) is 9.62 Å². The van der Waals surface area contributed by atoms with Gasteiger partial charge >= 0.3 is 0 Å². The first-order valence-corrected chi connectivity index (χ1v) is 7.63. The third kappa shape index (κ3) is 6.19. The van der Waals surface area contributed by atoms with Crippen LogP contribution in [0.5, 0.6) is 0 Å². The van der Waals surface area contributed by atoms with E-state index in [2.05, 4.69) is 4.72 Å². The molecule has 0 atom stereocenters. The lowest BCUT2D eigenvalue weighted by molar-refractivity contribution is 0.194. The Labute approximate surface area is 127 Å². The summed E-state index contributed by atoms with van der Waals surface area (Å²) in [6, 6.07) is 8.30. The van der Waals surface area contributed by atoms with Crippen molar-refractivity contribution in [1.29, 1.82) is 0 Å². The van der Waals surface area contributed by atoms with Crippen LogP contribution in [-0.4, -0.2) is 50.7 Å². The molecule has 7 heteroatoms. The second-order valence-corrected chi connectivity index (χ2v) is 6.95. The fourth-order valence-electron chi connectivity index (χ4n) is 1.98. The van der Waals surface area contributed by atoms with Crippen LogP contribution in [0, 0.1) is 0 Å². The molecule has 2 N–H and O–H groups in total. The molecule has 0 amide bonds. The maximum Gasteiger partial charge on any atom is 0.241 e. The van der Waals surface area contributed by atoms with Crippen molar-refractivity contribution in [3.05, 3.63) is 30.3 Å². The Balaban J connectivity index is 0.00000361. The van der Waals surface area contributed by atoms with Gasteiger partial charge in [0.05, 0.1) is 11.5 Å². The molecule has 0 fully saturated rings. The normalized spacial score (nSPS) is 12.2. The topological polar surface area (TPSA) is 69.6 Å². The zero-order valence-corrected chi connectivity index (χ0v) is 13.7. The highest BCUT2D eigenvalue weighted by atomic mass is 35.5. The van der Waals surface area contributed by atoms with E-state index in [-0.39, 0.29) is 23.9 Å². The molecule has 0 aliphatic carbocycles. The molecule has 0 unspecified atom stereocenters. The second kappa shape index (κ2) is 7.95. The van der Waals surface area contributed by atoms with E-state index in [4.69, 9.17) is 5.11 Å². The second-order valence-electron chi connectivity index (χ2n) is 5.26. The molecule has 0 saturated heterocycles. The highest BCUT2D eigenvalue weighted by Crippen LogP contribution is 2.13. The number of rotatable bonds is 7. The van der Waals surface area contributed by atoms with Crippen LogP contribution in [0.4, 0.5) is 0 Å². The zero-order chi connectivity index (χ0) is 14.5. The molecule has 20 heavy (non-hydrogen) atoms. The van der Waals surface area contributed by atoms with Crippen LogP contribution in [-0.2, 0) is 10.0 Å². The average molecular weight is 323 g/mol. The summed E-state index contributed by atoms with van der Waals surface area (Å²) in [4.78, 5) is 2.14. The molecule has 0 bridgehead atoms. The van der Waals surface area contributed by atoms with Crippen molar-refractivity contribution in [2.75, 3.05) is 26.7 Å². The van der Waals surface area contributed by atoms with E-state index in [1.807, 2.05) is 25.8 Å². The van der Waals surface area contributed by atoms with Crippen molar-refractivity contribution in [3.63, 3.8) is 0 Å². The minimum absolute atomic E-state index is 0. The quantitative estimate of drug-likeness (QED) is 0.788. The van der Waals surface area contributed by atoms with Crippen molar-refractivity contribution >= 4 is 22.4 Å². The van der Waals surface area contributed by atoms with Gasteiger partial charge in [0.1, 0.15) is 0 Å². The molecule has 0 heterocycles. The zero-order valence-electron chi connectivity index (χ0n) is 12.0. The monoisotopic (exact) mass is 322 g/mol. The van der Waals surface area contributed by atoms with E-state index >= 15 is 0 Å². The van der Waals surface area contributed by atoms with Crippen molar-refractivity contribution in [3.8, 4) is 0 Å². The summed E-state index contributed by atoms with van der Waals surface area (Å²) in [5.41, 5.74) is -0.613. The molecule has 1 aromatic rings. The first kappa shape index (κ1) is 19.3. The average Bonchev–Trinajstić information content (AvgIpc) is 2.28. The minimum Gasteiger partial charge on any atom is -0.395 e. The predicted molar refractivity (Wildman–Crippen MR) is 82.7 cm³/mol. The summed E-state index contributed by atoms with van der Waals surface area (Å²) < 4.78 is 27.1. The standard InChI is InChI=1S/C13H22N2O3S.ClH/c1-13(2,11-15(3)9-10-16)14-19(17,18)12-7-5-4-6-8-12;/h4-8,14,16H,9-11H2,1-3H3;1H. The van der Waals surface area contributed by atoms with Crippen LogP contribution < -0.4 is 4.72 Å². The Kier molecular flexibility index (Phi) is 7.69. The molecule has 5 nitrogen and oxygen atoms in total. The van der Waals surface area contributed by atoms with Crippen LogP contribution >= 0.6 is 12.4 Å². The molecule has 0 aromatic heterocycles. The van der Waals surface area contributed by atoms with Gasteiger partial charge in [0.15, 0.2) is 0 Å². The lowest BCUT2D eigenvalue weighted by Crippen LogP contribution is -2.50. The van der Waals surface area contributed by atoms with Crippen LogP contribution in [0.25, 0.3) is 0 Å². The molecule has 1 aromatic carbocycles. The Morgan fingerprint density at radius 3 is 2.30 bits per heavy atom. The number of likely N-dealkylation sites (N-methyl/N-ethyl adjacent to an activating group) is 1. The molecule has 0 aliphatic heterocycles. The number of hydrogen-bond donors (Lipinski definition) is 2. The maximum absolute atomic E-state index is 12.2. The maximum atomic E-state index is 12.2. The van der Waals surface area contributed by atoms with Crippen LogP contribution in [0.3, 0.4) is 0 Å². The van der Waals surface area contributed by atoms with Gasteiger partial charge < -0.3 is 10.0 Å². The first-order chi connectivity index (χ1) is 8.77. The Bertz CT molecular complexity index is 492. The molecule has 0 saturated carbocycles. The number of hydrogen-bond acceptors (Lipinski definition) is 4. The third-order valence-corrected chi connectivity index (χ3v) is 4.33. The Hall–Kier alpha value is -0.660. The van der Waals surface area contributed by atoms with E-state index in [1.165, 1.54) is 0 Å². The van der Waals surface area contributed by atoms with Crippen molar-refractivity contribution in [2.45, 2.75) is 24.3 Å². The fraction of sp³-hybridized carbons (Fsp3) is 0.538. The summed E-state index contributed by atoms with van der Waals surface area (Å²) in [5.74, 6) is 0. The summed E-state index contributed by atoms with van der Waals surface area (Å²) in [7, 11) is -1.68. The highest BCUT2D eigenvalue weighted by Gasteiger charge is 2.27. The summed E-state index contributed by atoms with van der Waals surface area (Å²) >= 11 is 0. The Morgan fingerprint density at radius 2 is 1.80 bits per heavy atom. The summed E-state index contributed by atoms with van der Waals surface area (Å²) in [6.07, 6.45) is 0.